The van der Waals surface area contributed by atoms with E-state index in [1.165, 1.54) is 21.2 Å². The molecule has 0 spiro atoms. The molecule has 2 amide bonds. The van der Waals surface area contributed by atoms with Crippen molar-refractivity contribution in [2.75, 3.05) is 27.7 Å². The molecular formula is C25H29N3O6S. The van der Waals surface area contributed by atoms with Crippen LogP contribution in [-0.4, -0.2) is 74.7 Å². The number of carbonyl (C=O) groups is 3. The third-order valence-corrected chi connectivity index (χ3v) is 9.05. The second kappa shape index (κ2) is 9.18. The first kappa shape index (κ1) is 25.0. The van der Waals surface area contributed by atoms with Gasteiger partial charge in [-0.15, -0.1) is 0 Å². The van der Waals surface area contributed by atoms with E-state index in [0.29, 0.717) is 0 Å². The zero-order chi connectivity index (χ0) is 25.5. The van der Waals surface area contributed by atoms with Gasteiger partial charge in [0.1, 0.15) is 5.54 Å². The maximum absolute atomic E-state index is 13.3. The van der Waals surface area contributed by atoms with E-state index in [0.717, 1.165) is 20.3 Å². The number of likely N-dealkylation sites (N-methyl/N-ethyl adjacent to an activating group) is 1. The van der Waals surface area contributed by atoms with Crippen LogP contribution in [0, 0.1) is 11.8 Å². The van der Waals surface area contributed by atoms with E-state index >= 15 is 0 Å². The van der Waals surface area contributed by atoms with E-state index < -0.39 is 51.2 Å². The molecule has 0 aliphatic carbocycles. The van der Waals surface area contributed by atoms with Gasteiger partial charge in [-0.05, 0) is 29.7 Å². The van der Waals surface area contributed by atoms with Crippen LogP contribution in [0.3, 0.4) is 0 Å². The van der Waals surface area contributed by atoms with Gasteiger partial charge in [0, 0.05) is 26.7 Å². The van der Waals surface area contributed by atoms with E-state index in [-0.39, 0.29) is 17.9 Å². The van der Waals surface area contributed by atoms with Gasteiger partial charge in [0.25, 0.3) is 0 Å². The third-order valence-electron chi connectivity index (χ3n) is 7.21. The predicted octanol–water partition coefficient (Wildman–Crippen LogP) is 1.50. The molecule has 2 aromatic carbocycles. The number of nitrogens with one attached hydrogen (secondary N) is 1. The lowest BCUT2D eigenvalue weighted by Crippen LogP contribution is -2.57. The number of rotatable bonds is 7. The Hall–Kier alpha value is -3.08. The highest BCUT2D eigenvalue weighted by atomic mass is 32.2. The smallest absolute Gasteiger partial charge is 0.326 e. The summed E-state index contributed by atoms with van der Waals surface area (Å²) >= 11 is 0. The molecule has 4 rings (SSSR count). The normalized spacial score (nSPS) is 26.3. The van der Waals surface area contributed by atoms with Gasteiger partial charge in [0.15, 0.2) is 0 Å². The van der Waals surface area contributed by atoms with Crippen molar-refractivity contribution in [3.05, 3.63) is 54.6 Å². The van der Waals surface area contributed by atoms with E-state index in [1.807, 2.05) is 30.3 Å². The summed E-state index contributed by atoms with van der Waals surface area (Å²) in [5.41, 5.74) is 0.457. The number of methoxy groups -OCH3 is 1. The van der Waals surface area contributed by atoms with Gasteiger partial charge in [0.2, 0.25) is 21.8 Å². The standard InChI is InChI=1S/C25H29N3O6S/c1-5-25(24(31)34-4)21-20(22(29)28(3)23(21)30)19(26-25)15-27(2)35(32,33)18-13-11-17(12-14-18)16-9-7-6-8-10-16/h6-14,19-21,26H,5,15H2,1-4H3/t19-,20+,21-,25-/m1/s1. The number of likely N-dealkylation sites (tertiary alicyclic amines) is 1. The molecule has 2 fully saturated rings. The van der Waals surface area contributed by atoms with Gasteiger partial charge in [-0.25, -0.2) is 8.42 Å². The van der Waals surface area contributed by atoms with Crippen molar-refractivity contribution in [3.8, 4) is 11.1 Å². The van der Waals surface area contributed by atoms with Gasteiger partial charge in [-0.2, -0.15) is 4.31 Å². The number of hydrogen-bond acceptors (Lipinski definition) is 7. The summed E-state index contributed by atoms with van der Waals surface area (Å²) in [5, 5.41) is 3.12. The number of sulfonamides is 1. The lowest BCUT2D eigenvalue weighted by Gasteiger charge is -2.31. The summed E-state index contributed by atoms with van der Waals surface area (Å²) in [6.07, 6.45) is 0.210. The number of benzene rings is 2. The lowest BCUT2D eigenvalue weighted by atomic mass is 9.78. The average Bonchev–Trinajstić information content (AvgIpc) is 3.33. The monoisotopic (exact) mass is 499 g/mol. The highest BCUT2D eigenvalue weighted by Gasteiger charge is 2.67. The summed E-state index contributed by atoms with van der Waals surface area (Å²) in [7, 11) is 0.130. The van der Waals surface area contributed by atoms with Crippen LogP contribution in [0.1, 0.15) is 13.3 Å². The number of fused-ring (bicyclic) bond motifs is 1. The number of esters is 1. The highest BCUT2D eigenvalue weighted by Crippen LogP contribution is 2.45. The summed E-state index contributed by atoms with van der Waals surface area (Å²) in [6, 6.07) is 15.4. The molecule has 0 unspecified atom stereocenters. The zero-order valence-electron chi connectivity index (χ0n) is 20.1. The number of amides is 2. The topological polar surface area (TPSA) is 113 Å². The molecule has 2 aromatic rings. The Kier molecular flexibility index (Phi) is 6.56. The SMILES string of the molecule is CC[C@@]1(C(=O)OC)N[C@H](CN(C)S(=O)(=O)c2ccc(-c3ccccc3)cc2)[C@@H]2C(=O)N(C)C(=O)[C@@H]21. The van der Waals surface area contributed by atoms with Gasteiger partial charge < -0.3 is 4.74 Å². The van der Waals surface area contributed by atoms with Gasteiger partial charge in [-0.3, -0.25) is 24.6 Å². The molecule has 0 aromatic heterocycles. The molecular weight excluding hydrogens is 470 g/mol. The molecule has 0 bridgehead atoms. The van der Waals surface area contributed by atoms with E-state index in [2.05, 4.69) is 5.32 Å². The first-order valence-electron chi connectivity index (χ1n) is 11.4. The largest absolute Gasteiger partial charge is 0.468 e. The van der Waals surface area contributed by atoms with Crippen LogP contribution in [0.5, 0.6) is 0 Å². The molecule has 4 atom stereocenters. The maximum Gasteiger partial charge on any atom is 0.326 e. The molecule has 0 radical (unpaired) electrons. The van der Waals surface area contributed by atoms with Crippen LogP contribution in [-0.2, 0) is 29.1 Å². The fraction of sp³-hybridized carbons (Fsp3) is 0.400. The van der Waals surface area contributed by atoms with Gasteiger partial charge in [-0.1, -0.05) is 49.4 Å². The van der Waals surface area contributed by atoms with E-state index in [1.54, 1.807) is 31.2 Å². The van der Waals surface area contributed by atoms with Crippen molar-refractivity contribution < 1.29 is 27.5 Å². The molecule has 10 heteroatoms. The van der Waals surface area contributed by atoms with Crippen molar-refractivity contribution in [2.24, 2.45) is 11.8 Å². The quantitative estimate of drug-likeness (QED) is 0.454. The Bertz CT molecular complexity index is 1250. The van der Waals surface area contributed by atoms with Gasteiger partial charge in [0.05, 0.1) is 23.8 Å². The molecule has 35 heavy (non-hydrogen) atoms. The lowest BCUT2D eigenvalue weighted by molar-refractivity contribution is -0.154. The summed E-state index contributed by atoms with van der Waals surface area (Å²) < 4.78 is 32.8. The Balaban J connectivity index is 1.61. The Morgan fingerprint density at radius 2 is 1.66 bits per heavy atom. The first-order chi connectivity index (χ1) is 16.6. The Morgan fingerprint density at radius 1 is 1.06 bits per heavy atom. The van der Waals surface area contributed by atoms with Crippen LogP contribution in [0.25, 0.3) is 11.1 Å². The van der Waals surface area contributed by atoms with Gasteiger partial charge >= 0.3 is 5.97 Å². The highest BCUT2D eigenvalue weighted by molar-refractivity contribution is 7.89. The van der Waals surface area contributed by atoms with Crippen LogP contribution in [0.15, 0.2) is 59.5 Å². The van der Waals surface area contributed by atoms with Crippen LogP contribution in [0.4, 0.5) is 0 Å². The molecule has 2 aliphatic heterocycles. The van der Waals surface area contributed by atoms with Crippen molar-refractivity contribution in [3.63, 3.8) is 0 Å². The summed E-state index contributed by atoms with van der Waals surface area (Å²) in [4.78, 5) is 39.8. The van der Waals surface area contributed by atoms with Crippen molar-refractivity contribution in [1.29, 1.82) is 0 Å². The molecule has 2 aliphatic rings. The minimum atomic E-state index is -3.90. The van der Waals surface area contributed by atoms with Crippen molar-refractivity contribution in [2.45, 2.75) is 29.8 Å². The number of imide groups is 1. The van der Waals surface area contributed by atoms with Crippen LogP contribution in [0.2, 0.25) is 0 Å². The van der Waals surface area contributed by atoms with Crippen molar-refractivity contribution >= 4 is 27.8 Å². The molecule has 186 valence electrons. The molecule has 2 saturated heterocycles. The Labute approximate surface area is 205 Å². The fourth-order valence-electron chi connectivity index (χ4n) is 5.27. The number of hydrogen-bond donors (Lipinski definition) is 1. The molecule has 1 N–H and O–H groups in total. The predicted molar refractivity (Wildman–Crippen MR) is 128 cm³/mol. The number of nitrogens with zero attached hydrogens (tertiary/aromatic N) is 2. The average molecular weight is 500 g/mol. The third kappa shape index (κ3) is 3.95. The summed E-state index contributed by atoms with van der Waals surface area (Å²) in [6.45, 7) is 1.63. The first-order valence-corrected chi connectivity index (χ1v) is 12.8. The summed E-state index contributed by atoms with van der Waals surface area (Å²) in [5.74, 6) is -3.37. The number of ether oxygens (including phenoxy) is 1. The van der Waals surface area contributed by atoms with E-state index in [4.69, 9.17) is 4.74 Å². The minimum Gasteiger partial charge on any atom is -0.468 e. The second-order valence-corrected chi connectivity index (χ2v) is 11.0. The minimum absolute atomic E-state index is 0.102. The fourth-order valence-corrected chi connectivity index (χ4v) is 6.46. The Morgan fingerprint density at radius 3 is 2.23 bits per heavy atom. The zero-order valence-corrected chi connectivity index (χ0v) is 20.9. The molecule has 2 heterocycles. The molecule has 9 nitrogen and oxygen atoms in total. The molecule has 0 saturated carbocycles. The second-order valence-electron chi connectivity index (χ2n) is 8.98. The van der Waals surface area contributed by atoms with Crippen molar-refractivity contribution in [1.82, 2.24) is 14.5 Å². The van der Waals surface area contributed by atoms with E-state index in [9.17, 15) is 22.8 Å². The maximum atomic E-state index is 13.3. The van der Waals surface area contributed by atoms with Crippen LogP contribution < -0.4 is 5.32 Å². The number of carbonyl (C=O) groups excluding carboxylic acids is 3. The van der Waals surface area contributed by atoms with Crippen LogP contribution >= 0.6 is 0 Å².